The summed E-state index contributed by atoms with van der Waals surface area (Å²) in [6, 6.07) is 8.03. The quantitative estimate of drug-likeness (QED) is 0.776. The van der Waals surface area contributed by atoms with E-state index < -0.39 is 0 Å². The van der Waals surface area contributed by atoms with E-state index in [1.165, 1.54) is 5.56 Å². The summed E-state index contributed by atoms with van der Waals surface area (Å²) in [4.78, 5) is 11.6. The van der Waals surface area contributed by atoms with Gasteiger partial charge in [0, 0.05) is 11.9 Å². The molecule has 1 N–H and O–H groups in total. The minimum atomic E-state index is 0.0637. The summed E-state index contributed by atoms with van der Waals surface area (Å²) in [5.74, 6) is 0.0637. The molecule has 1 aromatic rings. The van der Waals surface area contributed by atoms with E-state index in [0.29, 0.717) is 13.0 Å². The summed E-state index contributed by atoms with van der Waals surface area (Å²) in [5, 5.41) is 3.05. The molecular formula is C14H20ClNO. The molecule has 1 amide bonds. The molecule has 17 heavy (non-hydrogen) atoms. The van der Waals surface area contributed by atoms with Gasteiger partial charge in [0.15, 0.2) is 0 Å². The largest absolute Gasteiger partial charge is 0.356 e. The fourth-order valence-corrected chi connectivity index (χ4v) is 1.64. The predicted molar refractivity (Wildman–Crippen MR) is 72.4 cm³/mol. The van der Waals surface area contributed by atoms with Crippen LogP contribution in [0.3, 0.4) is 0 Å². The molecule has 0 heterocycles. The Morgan fingerprint density at radius 3 is 2.59 bits per heavy atom. The molecule has 0 bridgehead atoms. The number of hydrogen-bond donors (Lipinski definition) is 1. The molecule has 1 rings (SSSR count). The molecule has 1 aromatic carbocycles. The Labute approximate surface area is 108 Å². The number of hydrogen-bond acceptors (Lipinski definition) is 1. The van der Waals surface area contributed by atoms with Crippen LogP contribution in [0.2, 0.25) is 0 Å². The van der Waals surface area contributed by atoms with Gasteiger partial charge in [-0.15, -0.1) is 11.6 Å². The maximum Gasteiger partial charge on any atom is 0.224 e. The van der Waals surface area contributed by atoms with Gasteiger partial charge in [-0.1, -0.05) is 36.8 Å². The molecule has 3 heteroatoms. The first kappa shape index (κ1) is 14.0. The van der Waals surface area contributed by atoms with Crippen LogP contribution in [0.1, 0.15) is 30.9 Å². The first-order valence-electron chi connectivity index (χ1n) is 6.08. The molecule has 0 aliphatic carbocycles. The number of carbonyl (C=O) groups excluding carboxylic acids is 1. The Hall–Kier alpha value is -1.02. The molecule has 0 aromatic heterocycles. The average Bonchev–Trinajstić information content (AvgIpc) is 2.32. The summed E-state index contributed by atoms with van der Waals surface area (Å²) in [6.45, 7) is 4.74. The summed E-state index contributed by atoms with van der Waals surface area (Å²) >= 11 is 5.98. The van der Waals surface area contributed by atoms with Gasteiger partial charge in [0.25, 0.3) is 0 Å². The van der Waals surface area contributed by atoms with Crippen molar-refractivity contribution in [3.8, 4) is 0 Å². The zero-order chi connectivity index (χ0) is 12.7. The second kappa shape index (κ2) is 7.33. The van der Waals surface area contributed by atoms with E-state index in [4.69, 9.17) is 11.6 Å². The van der Waals surface area contributed by atoms with E-state index in [9.17, 15) is 4.79 Å². The first-order valence-corrected chi connectivity index (χ1v) is 6.51. The number of halogens is 1. The van der Waals surface area contributed by atoms with Gasteiger partial charge in [0.1, 0.15) is 0 Å². The van der Waals surface area contributed by atoms with Crippen molar-refractivity contribution in [1.82, 2.24) is 5.32 Å². The highest BCUT2D eigenvalue weighted by Crippen LogP contribution is 2.06. The maximum absolute atomic E-state index is 11.6. The number of nitrogens with one attached hydrogen (secondary N) is 1. The maximum atomic E-state index is 11.6. The highest BCUT2D eigenvalue weighted by molar-refractivity contribution is 6.20. The van der Waals surface area contributed by atoms with Crippen molar-refractivity contribution in [3.05, 3.63) is 35.4 Å². The molecule has 0 aliphatic heterocycles. The first-order chi connectivity index (χ1) is 8.11. The number of rotatable bonds is 6. The van der Waals surface area contributed by atoms with E-state index in [-0.39, 0.29) is 11.3 Å². The smallest absolute Gasteiger partial charge is 0.224 e. The zero-order valence-corrected chi connectivity index (χ0v) is 11.3. The lowest BCUT2D eigenvalue weighted by Crippen LogP contribution is -2.27. The second-order valence-corrected chi connectivity index (χ2v) is 4.92. The van der Waals surface area contributed by atoms with Crippen molar-refractivity contribution in [2.45, 2.75) is 38.5 Å². The van der Waals surface area contributed by atoms with E-state index in [2.05, 4.69) is 5.32 Å². The van der Waals surface area contributed by atoms with Gasteiger partial charge in [-0.25, -0.2) is 0 Å². The van der Waals surface area contributed by atoms with Gasteiger partial charge in [0.2, 0.25) is 5.91 Å². The lowest BCUT2D eigenvalue weighted by atomic mass is 10.1. The minimum Gasteiger partial charge on any atom is -0.356 e. The Morgan fingerprint density at radius 1 is 1.35 bits per heavy atom. The number of aryl methyl sites for hydroxylation is 1. The molecule has 0 saturated heterocycles. The van der Waals surface area contributed by atoms with Crippen LogP contribution >= 0.6 is 11.6 Å². The lowest BCUT2D eigenvalue weighted by Gasteiger charge is -2.08. The number of benzene rings is 1. The average molecular weight is 254 g/mol. The van der Waals surface area contributed by atoms with Crippen LogP contribution in [0.15, 0.2) is 24.3 Å². The fraction of sp³-hybridized carbons (Fsp3) is 0.500. The van der Waals surface area contributed by atoms with Crippen molar-refractivity contribution in [2.24, 2.45) is 0 Å². The molecule has 94 valence electrons. The van der Waals surface area contributed by atoms with Crippen molar-refractivity contribution >= 4 is 17.5 Å². The molecule has 1 atom stereocenters. The summed E-state index contributed by atoms with van der Waals surface area (Å²) in [6.07, 6.45) is 2.21. The van der Waals surface area contributed by atoms with Gasteiger partial charge in [-0.3, -0.25) is 4.79 Å². The number of carbonyl (C=O) groups is 1. The topological polar surface area (TPSA) is 29.1 Å². The third kappa shape index (κ3) is 5.73. The third-order valence-corrected chi connectivity index (χ3v) is 3.23. The Kier molecular flexibility index (Phi) is 6.06. The van der Waals surface area contributed by atoms with Gasteiger partial charge in [0.05, 0.1) is 6.42 Å². The van der Waals surface area contributed by atoms with Crippen LogP contribution < -0.4 is 5.32 Å². The molecular weight excluding hydrogens is 234 g/mol. The van der Waals surface area contributed by atoms with Crippen molar-refractivity contribution in [1.29, 1.82) is 0 Å². The summed E-state index contributed by atoms with van der Waals surface area (Å²) in [5.41, 5.74) is 2.26. The monoisotopic (exact) mass is 253 g/mol. The van der Waals surface area contributed by atoms with Gasteiger partial charge < -0.3 is 5.32 Å². The van der Waals surface area contributed by atoms with Crippen LogP contribution in [0.5, 0.6) is 0 Å². The van der Waals surface area contributed by atoms with Gasteiger partial charge in [-0.2, -0.15) is 0 Å². The molecule has 0 saturated carbocycles. The normalized spacial score (nSPS) is 12.2. The van der Waals surface area contributed by atoms with Crippen LogP contribution in [0.4, 0.5) is 0 Å². The fourth-order valence-electron chi connectivity index (χ4n) is 1.53. The molecule has 0 spiro atoms. The highest BCUT2D eigenvalue weighted by atomic mass is 35.5. The third-order valence-electron chi connectivity index (χ3n) is 2.71. The number of alkyl halides is 1. The molecule has 2 nitrogen and oxygen atoms in total. The predicted octanol–water partition coefficient (Wildman–Crippen LogP) is 3.06. The Bertz CT molecular complexity index is 348. The molecule has 1 unspecified atom stereocenters. The second-order valence-electron chi connectivity index (χ2n) is 4.31. The molecule has 0 fully saturated rings. The van der Waals surface area contributed by atoms with Crippen molar-refractivity contribution in [2.75, 3.05) is 6.54 Å². The number of amides is 1. The minimum absolute atomic E-state index is 0.0637. The van der Waals surface area contributed by atoms with Crippen LogP contribution in [-0.2, 0) is 11.2 Å². The van der Waals surface area contributed by atoms with Crippen molar-refractivity contribution < 1.29 is 4.79 Å². The van der Waals surface area contributed by atoms with Crippen molar-refractivity contribution in [3.63, 3.8) is 0 Å². The standard InChI is InChI=1S/C14H20ClNO/c1-3-13(15)8-9-16-14(17)10-12-6-4-11(2)5-7-12/h4-7,13H,3,8-10H2,1-2H3,(H,16,17). The van der Waals surface area contributed by atoms with Crippen LogP contribution in [-0.4, -0.2) is 17.8 Å². The van der Waals surface area contributed by atoms with Gasteiger partial charge >= 0.3 is 0 Å². The Morgan fingerprint density at radius 2 is 2.00 bits per heavy atom. The SMILES string of the molecule is CCC(Cl)CCNC(=O)Cc1ccc(C)cc1. The van der Waals surface area contributed by atoms with E-state index in [0.717, 1.165) is 18.4 Å². The summed E-state index contributed by atoms with van der Waals surface area (Å²) in [7, 11) is 0. The Balaban J connectivity index is 2.27. The zero-order valence-electron chi connectivity index (χ0n) is 10.5. The lowest BCUT2D eigenvalue weighted by molar-refractivity contribution is -0.120. The van der Waals surface area contributed by atoms with Crippen LogP contribution in [0, 0.1) is 6.92 Å². The van der Waals surface area contributed by atoms with E-state index in [1.54, 1.807) is 0 Å². The van der Waals surface area contributed by atoms with Crippen LogP contribution in [0.25, 0.3) is 0 Å². The highest BCUT2D eigenvalue weighted by Gasteiger charge is 2.05. The van der Waals surface area contributed by atoms with E-state index >= 15 is 0 Å². The van der Waals surface area contributed by atoms with Gasteiger partial charge in [-0.05, 0) is 25.3 Å². The summed E-state index contributed by atoms with van der Waals surface area (Å²) < 4.78 is 0. The van der Waals surface area contributed by atoms with E-state index in [1.807, 2.05) is 38.1 Å². The molecule has 0 aliphatic rings. The molecule has 0 radical (unpaired) electrons.